The molecule has 0 fully saturated rings. The Bertz CT molecular complexity index is 1230. The number of hydrogen-bond donors (Lipinski definition) is 2. The number of halogens is 3. The minimum atomic E-state index is -2.18. The van der Waals surface area contributed by atoms with Gasteiger partial charge in [0.05, 0.1) is 11.1 Å². The molecule has 0 aliphatic heterocycles. The van der Waals surface area contributed by atoms with Crippen molar-refractivity contribution in [1.82, 2.24) is 0 Å². The second-order valence-corrected chi connectivity index (χ2v) is 8.31. The summed E-state index contributed by atoms with van der Waals surface area (Å²) in [6.07, 6.45) is -4.23. The van der Waals surface area contributed by atoms with Crippen molar-refractivity contribution in [2.75, 3.05) is 5.32 Å². The van der Waals surface area contributed by atoms with E-state index in [2.05, 4.69) is 5.32 Å². The van der Waals surface area contributed by atoms with Crippen LogP contribution in [0.3, 0.4) is 0 Å². The van der Waals surface area contributed by atoms with E-state index in [9.17, 15) is 24.3 Å². The van der Waals surface area contributed by atoms with Crippen LogP contribution in [0.25, 0.3) is 0 Å². The molecule has 3 aromatic carbocycles. The number of amides is 1. The molecular formula is C24H16Cl3NO7. The number of carboxylic acid groups (broad SMARTS) is 1. The summed E-state index contributed by atoms with van der Waals surface area (Å²) in [4.78, 5) is 50.3. The van der Waals surface area contributed by atoms with E-state index in [-0.39, 0.29) is 16.8 Å². The van der Waals surface area contributed by atoms with Crippen LogP contribution in [-0.2, 0) is 19.1 Å². The molecule has 0 saturated carbocycles. The van der Waals surface area contributed by atoms with Crippen LogP contribution in [0.15, 0.2) is 72.8 Å². The van der Waals surface area contributed by atoms with Gasteiger partial charge in [0.2, 0.25) is 12.2 Å². The van der Waals surface area contributed by atoms with Gasteiger partial charge in [0.25, 0.3) is 5.91 Å². The molecule has 0 bridgehead atoms. The minimum absolute atomic E-state index is 0.00754. The highest BCUT2D eigenvalue weighted by molar-refractivity contribution is 6.31. The molecule has 3 rings (SSSR count). The van der Waals surface area contributed by atoms with Crippen molar-refractivity contribution in [3.05, 3.63) is 99.0 Å². The third-order valence-electron chi connectivity index (χ3n) is 4.52. The van der Waals surface area contributed by atoms with Crippen LogP contribution < -0.4 is 5.32 Å². The number of anilines is 1. The van der Waals surface area contributed by atoms with E-state index < -0.39 is 36.0 Å². The maximum atomic E-state index is 13.0. The van der Waals surface area contributed by atoms with E-state index in [1.54, 1.807) is 0 Å². The van der Waals surface area contributed by atoms with Gasteiger partial charge in [-0.25, -0.2) is 14.4 Å². The van der Waals surface area contributed by atoms with E-state index in [0.29, 0.717) is 15.1 Å². The topological polar surface area (TPSA) is 119 Å². The Kier molecular flexibility index (Phi) is 8.70. The van der Waals surface area contributed by atoms with Crippen molar-refractivity contribution in [3.8, 4) is 0 Å². The molecule has 11 heteroatoms. The first-order valence-electron chi connectivity index (χ1n) is 9.86. The van der Waals surface area contributed by atoms with E-state index in [1.807, 2.05) is 0 Å². The number of esters is 2. The van der Waals surface area contributed by atoms with E-state index in [4.69, 9.17) is 44.3 Å². The van der Waals surface area contributed by atoms with Crippen LogP contribution in [0.4, 0.5) is 5.69 Å². The molecule has 0 radical (unpaired) electrons. The SMILES string of the molecule is O=C(O[C@H](C(=O)O)[C@@H](OC(=O)c1ccc(Cl)cc1)C(=O)Nc1ccc(Cl)cc1)c1ccc(Cl)cc1. The lowest BCUT2D eigenvalue weighted by Crippen LogP contribution is -2.48. The zero-order chi connectivity index (χ0) is 25.5. The van der Waals surface area contributed by atoms with Crippen LogP contribution in [0.2, 0.25) is 15.1 Å². The van der Waals surface area contributed by atoms with E-state index in [1.165, 1.54) is 72.8 Å². The third kappa shape index (κ3) is 7.19. The van der Waals surface area contributed by atoms with Gasteiger partial charge in [-0.05, 0) is 72.8 Å². The second kappa shape index (κ2) is 11.7. The number of carboxylic acids is 1. The fraction of sp³-hybridized carbons (Fsp3) is 0.0833. The fourth-order valence-corrected chi connectivity index (χ4v) is 3.16. The van der Waals surface area contributed by atoms with Crippen molar-refractivity contribution < 1.29 is 33.8 Å². The quantitative estimate of drug-likeness (QED) is 0.383. The Labute approximate surface area is 214 Å². The molecule has 2 N–H and O–H groups in total. The monoisotopic (exact) mass is 535 g/mol. The summed E-state index contributed by atoms with van der Waals surface area (Å²) >= 11 is 17.5. The highest BCUT2D eigenvalue weighted by Gasteiger charge is 2.41. The summed E-state index contributed by atoms with van der Waals surface area (Å²) in [5.74, 6) is -4.87. The number of aliphatic carboxylic acids is 1. The molecule has 0 heterocycles. The summed E-state index contributed by atoms with van der Waals surface area (Å²) in [5.41, 5.74) is 0.202. The highest BCUT2D eigenvalue weighted by Crippen LogP contribution is 2.19. The summed E-state index contributed by atoms with van der Waals surface area (Å²) in [5, 5.41) is 13.3. The van der Waals surface area contributed by atoms with Gasteiger partial charge in [0.1, 0.15) is 0 Å². The molecule has 3 aromatic rings. The standard InChI is InChI=1S/C24H16Cl3NO7/c25-15-5-1-13(2-6-15)23(32)34-19(21(29)28-18-11-9-17(27)10-12-18)20(22(30)31)35-24(33)14-3-7-16(26)8-4-14/h1-12,19-20H,(H,28,29)(H,30,31)/t19-,20+/m1/s1. The molecule has 0 unspecified atom stereocenters. The number of nitrogens with one attached hydrogen (secondary N) is 1. The number of ether oxygens (including phenoxy) is 2. The summed E-state index contributed by atoms with van der Waals surface area (Å²) < 4.78 is 10.3. The van der Waals surface area contributed by atoms with Crippen molar-refractivity contribution in [2.45, 2.75) is 12.2 Å². The van der Waals surface area contributed by atoms with Crippen LogP contribution >= 0.6 is 34.8 Å². The molecule has 180 valence electrons. The number of carbonyl (C=O) groups is 4. The fourth-order valence-electron chi connectivity index (χ4n) is 2.78. The molecule has 2 atom stereocenters. The van der Waals surface area contributed by atoms with Gasteiger partial charge in [-0.3, -0.25) is 4.79 Å². The molecule has 8 nitrogen and oxygen atoms in total. The molecule has 0 aliphatic rings. The number of carbonyl (C=O) groups excluding carboxylic acids is 3. The first kappa shape index (κ1) is 26.0. The first-order valence-corrected chi connectivity index (χ1v) is 11.0. The van der Waals surface area contributed by atoms with Crippen LogP contribution in [0, 0.1) is 0 Å². The van der Waals surface area contributed by atoms with Gasteiger partial charge in [0, 0.05) is 20.8 Å². The van der Waals surface area contributed by atoms with Gasteiger partial charge in [-0.2, -0.15) is 0 Å². The lowest BCUT2D eigenvalue weighted by Gasteiger charge is -2.23. The smallest absolute Gasteiger partial charge is 0.349 e. The Morgan fingerprint density at radius 1 is 0.629 bits per heavy atom. The number of rotatable bonds is 8. The highest BCUT2D eigenvalue weighted by atomic mass is 35.5. The van der Waals surface area contributed by atoms with Gasteiger partial charge in [0.15, 0.2) is 0 Å². The zero-order valence-corrected chi connectivity index (χ0v) is 19.9. The van der Waals surface area contributed by atoms with Crippen molar-refractivity contribution >= 4 is 64.3 Å². The molecule has 0 spiro atoms. The maximum absolute atomic E-state index is 13.0. The lowest BCUT2D eigenvalue weighted by molar-refractivity contribution is -0.157. The summed E-state index contributed by atoms with van der Waals surface area (Å²) in [6.45, 7) is 0. The molecule has 0 aromatic heterocycles. The normalized spacial score (nSPS) is 12.2. The van der Waals surface area contributed by atoms with Crippen molar-refractivity contribution in [1.29, 1.82) is 0 Å². The van der Waals surface area contributed by atoms with Crippen LogP contribution in [0.5, 0.6) is 0 Å². The van der Waals surface area contributed by atoms with Crippen molar-refractivity contribution in [2.24, 2.45) is 0 Å². The molecule has 0 saturated heterocycles. The van der Waals surface area contributed by atoms with Crippen molar-refractivity contribution in [3.63, 3.8) is 0 Å². The molecule has 0 aliphatic carbocycles. The lowest BCUT2D eigenvalue weighted by atomic mass is 10.1. The van der Waals surface area contributed by atoms with Gasteiger partial charge in [-0.15, -0.1) is 0 Å². The Morgan fingerprint density at radius 2 is 1.00 bits per heavy atom. The molecule has 35 heavy (non-hydrogen) atoms. The van der Waals surface area contributed by atoms with E-state index in [0.717, 1.165) is 0 Å². The Balaban J connectivity index is 1.90. The van der Waals surface area contributed by atoms with Gasteiger partial charge in [-0.1, -0.05) is 34.8 Å². The average molecular weight is 537 g/mol. The van der Waals surface area contributed by atoms with Crippen LogP contribution in [-0.4, -0.2) is 41.1 Å². The van der Waals surface area contributed by atoms with Gasteiger partial charge >= 0.3 is 17.9 Å². The second-order valence-electron chi connectivity index (χ2n) is 7.00. The van der Waals surface area contributed by atoms with E-state index >= 15 is 0 Å². The number of benzene rings is 3. The zero-order valence-electron chi connectivity index (χ0n) is 17.6. The Morgan fingerprint density at radius 3 is 1.40 bits per heavy atom. The molecular weight excluding hydrogens is 521 g/mol. The average Bonchev–Trinajstić information content (AvgIpc) is 2.83. The maximum Gasteiger partial charge on any atom is 0.349 e. The third-order valence-corrected chi connectivity index (χ3v) is 5.27. The minimum Gasteiger partial charge on any atom is -0.478 e. The summed E-state index contributed by atoms with van der Waals surface area (Å²) in [7, 11) is 0. The first-order chi connectivity index (χ1) is 16.6. The largest absolute Gasteiger partial charge is 0.478 e. The predicted octanol–water partition coefficient (Wildman–Crippen LogP) is 5.12. The molecule has 1 amide bonds. The number of hydrogen-bond acceptors (Lipinski definition) is 6. The summed E-state index contributed by atoms with van der Waals surface area (Å²) in [6, 6.07) is 16.8. The van der Waals surface area contributed by atoms with Crippen LogP contribution in [0.1, 0.15) is 20.7 Å². The Hall–Kier alpha value is -3.59. The predicted molar refractivity (Wildman–Crippen MR) is 129 cm³/mol. The van der Waals surface area contributed by atoms with Gasteiger partial charge < -0.3 is 19.9 Å².